The molecule has 2 heterocycles. The Morgan fingerprint density at radius 3 is 2.63 bits per heavy atom. The highest BCUT2D eigenvalue weighted by Gasteiger charge is 2.81. The summed E-state index contributed by atoms with van der Waals surface area (Å²) in [5, 5.41) is 0.216. The van der Waals surface area contributed by atoms with E-state index in [2.05, 4.69) is 6.58 Å². The number of hydrogen-bond acceptors (Lipinski definition) is 7. The first kappa shape index (κ1) is 22.8. The highest BCUT2D eigenvalue weighted by Crippen LogP contribution is 2.71. The molecule has 1 aromatic rings. The van der Waals surface area contributed by atoms with Gasteiger partial charge in [-0.15, -0.1) is 0 Å². The van der Waals surface area contributed by atoms with Crippen LogP contribution < -0.4 is 0 Å². The fourth-order valence-electron chi connectivity index (χ4n) is 8.09. The summed E-state index contributed by atoms with van der Waals surface area (Å²) < 4.78 is 17.7. The minimum absolute atomic E-state index is 0.0832. The van der Waals surface area contributed by atoms with E-state index in [1.807, 2.05) is 13.8 Å². The number of carbonyl (C=O) groups excluding carboxylic acids is 4. The Hall–Kier alpha value is -2.67. The van der Waals surface area contributed by atoms with Gasteiger partial charge in [0.25, 0.3) is 0 Å². The summed E-state index contributed by atoms with van der Waals surface area (Å²) in [6, 6.07) is 6.48. The van der Waals surface area contributed by atoms with Gasteiger partial charge in [0.15, 0.2) is 11.2 Å². The van der Waals surface area contributed by atoms with Crippen molar-refractivity contribution in [2.45, 2.75) is 51.7 Å². The van der Waals surface area contributed by atoms with Crippen LogP contribution in [0.3, 0.4) is 0 Å². The van der Waals surface area contributed by atoms with Crippen molar-refractivity contribution in [2.75, 3.05) is 6.61 Å². The number of cyclic esters (lactones) is 1. The van der Waals surface area contributed by atoms with Crippen molar-refractivity contribution < 1.29 is 33.4 Å². The zero-order chi connectivity index (χ0) is 24.9. The molecule has 184 valence electrons. The lowest BCUT2D eigenvalue weighted by molar-refractivity contribution is -0.244. The fourth-order valence-corrected chi connectivity index (χ4v) is 8.30. The number of fused-ring (bicyclic) bond motifs is 1. The molecular formula is C27H27ClO7. The first-order valence-corrected chi connectivity index (χ1v) is 12.5. The summed E-state index contributed by atoms with van der Waals surface area (Å²) in [5.74, 6) is -3.74. The largest absolute Gasteiger partial charge is 0.465 e. The van der Waals surface area contributed by atoms with Gasteiger partial charge in [0, 0.05) is 5.92 Å². The standard InChI is InChI=1S/C27H27ClO7/c1-13-14-8-9-17-26-12-33-23(31)19(26)25(2,3)11-10-18(26)34-24(32)27(17,20(13)29)21(14)35-22(30)15-6-4-5-7-16(15)28/h4-7,14,17-19,21H,1,8-12H2,2-3H3/t14-,17-,18-,19+,21+,26+,27-/m0/s1. The second kappa shape index (κ2) is 7.19. The monoisotopic (exact) mass is 498 g/mol. The normalized spacial score (nSPS) is 40.8. The van der Waals surface area contributed by atoms with E-state index < -0.39 is 63.9 Å². The summed E-state index contributed by atoms with van der Waals surface area (Å²) in [6.45, 7) is 8.15. The Morgan fingerprint density at radius 2 is 1.89 bits per heavy atom. The van der Waals surface area contributed by atoms with Crippen LogP contribution in [0.5, 0.6) is 0 Å². The number of Topliss-reactive ketones (excluding diaryl/α,β-unsaturated/α-hetero) is 1. The van der Waals surface area contributed by atoms with Crippen LogP contribution in [0.25, 0.3) is 0 Å². The number of esters is 3. The third-order valence-corrected chi connectivity index (χ3v) is 9.81. The molecule has 2 saturated heterocycles. The smallest absolute Gasteiger partial charge is 0.339 e. The minimum Gasteiger partial charge on any atom is -0.465 e. The average molecular weight is 499 g/mol. The molecular weight excluding hydrogens is 472 g/mol. The Kier molecular flexibility index (Phi) is 4.68. The summed E-state index contributed by atoms with van der Waals surface area (Å²) in [4.78, 5) is 54.0. The Balaban J connectivity index is 1.50. The van der Waals surface area contributed by atoms with Crippen molar-refractivity contribution >= 4 is 35.3 Å². The summed E-state index contributed by atoms with van der Waals surface area (Å²) in [6.07, 6.45) is 0.703. The number of benzene rings is 1. The highest BCUT2D eigenvalue weighted by atomic mass is 35.5. The molecule has 5 fully saturated rings. The van der Waals surface area contributed by atoms with E-state index in [1.54, 1.807) is 18.2 Å². The summed E-state index contributed by atoms with van der Waals surface area (Å²) in [7, 11) is 0. The van der Waals surface area contributed by atoms with E-state index in [0.29, 0.717) is 25.7 Å². The number of carbonyl (C=O) groups is 4. The first-order chi connectivity index (χ1) is 16.6. The van der Waals surface area contributed by atoms with Gasteiger partial charge in [-0.3, -0.25) is 14.4 Å². The molecule has 1 aromatic carbocycles. The van der Waals surface area contributed by atoms with Crippen LogP contribution in [0.4, 0.5) is 0 Å². The van der Waals surface area contributed by atoms with Crippen LogP contribution in [0.15, 0.2) is 36.4 Å². The molecule has 7 nitrogen and oxygen atoms in total. The second-order valence-corrected chi connectivity index (χ2v) is 11.7. The SMILES string of the molecule is C=C1C(=O)[C@@]23C(=O)O[C@H]4CCC(C)(C)[C@H]5C(=O)OC[C@@]45[C@@H]2CC[C@@H]1[C@H]3OC(=O)c1ccccc1Cl. The van der Waals surface area contributed by atoms with Gasteiger partial charge in [0.2, 0.25) is 0 Å². The van der Waals surface area contributed by atoms with E-state index in [9.17, 15) is 19.2 Å². The molecule has 0 aromatic heterocycles. The topological polar surface area (TPSA) is 96.0 Å². The number of hydrogen-bond donors (Lipinski definition) is 0. The molecule has 0 radical (unpaired) electrons. The molecule has 6 rings (SSSR count). The lowest BCUT2D eigenvalue weighted by atomic mass is 9.43. The van der Waals surface area contributed by atoms with Gasteiger partial charge in [0.05, 0.1) is 21.9 Å². The van der Waals surface area contributed by atoms with Gasteiger partial charge >= 0.3 is 17.9 Å². The molecule has 2 aliphatic heterocycles. The molecule has 5 aliphatic rings. The third-order valence-electron chi connectivity index (χ3n) is 9.48. The van der Waals surface area contributed by atoms with E-state index >= 15 is 0 Å². The quantitative estimate of drug-likeness (QED) is 0.264. The van der Waals surface area contributed by atoms with Gasteiger partial charge in [-0.25, -0.2) is 4.79 Å². The first-order valence-electron chi connectivity index (χ1n) is 12.1. The van der Waals surface area contributed by atoms with Crippen LogP contribution in [-0.4, -0.2) is 42.5 Å². The Bertz CT molecular complexity index is 1200. The summed E-state index contributed by atoms with van der Waals surface area (Å²) in [5.41, 5.74) is -2.57. The molecule has 3 aliphatic carbocycles. The van der Waals surface area contributed by atoms with E-state index in [0.717, 1.165) is 0 Å². The number of rotatable bonds is 2. The molecule has 0 unspecified atom stereocenters. The van der Waals surface area contributed by atoms with Crippen LogP contribution in [0.2, 0.25) is 5.02 Å². The number of ether oxygens (including phenoxy) is 3. The maximum atomic E-state index is 13.9. The van der Waals surface area contributed by atoms with Crippen molar-refractivity contribution in [1.29, 1.82) is 0 Å². The molecule has 0 N–H and O–H groups in total. The molecule has 2 spiro atoms. The Morgan fingerprint density at radius 1 is 1.14 bits per heavy atom. The maximum absolute atomic E-state index is 13.9. The Labute approximate surface area is 208 Å². The van der Waals surface area contributed by atoms with Gasteiger partial charge in [-0.2, -0.15) is 0 Å². The highest BCUT2D eigenvalue weighted by molar-refractivity contribution is 6.33. The summed E-state index contributed by atoms with van der Waals surface area (Å²) >= 11 is 6.23. The van der Waals surface area contributed by atoms with Crippen LogP contribution in [0, 0.1) is 34.0 Å². The fraction of sp³-hybridized carbons (Fsp3) is 0.556. The molecule has 2 bridgehead atoms. The van der Waals surface area contributed by atoms with Crippen LogP contribution in [0.1, 0.15) is 49.9 Å². The van der Waals surface area contributed by atoms with E-state index in [-0.39, 0.29) is 28.7 Å². The third kappa shape index (κ3) is 2.62. The van der Waals surface area contributed by atoms with Crippen molar-refractivity contribution in [3.8, 4) is 0 Å². The molecule has 8 heteroatoms. The van der Waals surface area contributed by atoms with Crippen molar-refractivity contribution in [2.24, 2.45) is 34.0 Å². The van der Waals surface area contributed by atoms with Crippen LogP contribution >= 0.6 is 11.6 Å². The average Bonchev–Trinajstić information content (AvgIpc) is 3.22. The van der Waals surface area contributed by atoms with Crippen LogP contribution in [-0.2, 0) is 28.6 Å². The van der Waals surface area contributed by atoms with Crippen molar-refractivity contribution in [1.82, 2.24) is 0 Å². The van der Waals surface area contributed by atoms with E-state index in [4.69, 9.17) is 25.8 Å². The van der Waals surface area contributed by atoms with Gasteiger partial charge < -0.3 is 14.2 Å². The van der Waals surface area contributed by atoms with Gasteiger partial charge in [-0.1, -0.05) is 44.2 Å². The maximum Gasteiger partial charge on any atom is 0.339 e. The lowest BCUT2D eigenvalue weighted by Gasteiger charge is -2.61. The zero-order valence-corrected chi connectivity index (χ0v) is 20.4. The molecule has 0 amide bonds. The van der Waals surface area contributed by atoms with Gasteiger partial charge in [0.1, 0.15) is 18.8 Å². The van der Waals surface area contributed by atoms with E-state index in [1.165, 1.54) is 6.07 Å². The van der Waals surface area contributed by atoms with Gasteiger partial charge in [-0.05, 0) is 54.7 Å². The molecule has 7 atom stereocenters. The number of halogens is 1. The molecule has 35 heavy (non-hydrogen) atoms. The zero-order valence-electron chi connectivity index (χ0n) is 19.7. The predicted octanol–water partition coefficient (Wildman–Crippen LogP) is 3.92. The minimum atomic E-state index is -1.74. The molecule has 3 saturated carbocycles. The number of ketones is 1. The second-order valence-electron chi connectivity index (χ2n) is 11.3. The van der Waals surface area contributed by atoms with Crippen molar-refractivity contribution in [3.63, 3.8) is 0 Å². The van der Waals surface area contributed by atoms with Crippen molar-refractivity contribution in [3.05, 3.63) is 47.0 Å². The predicted molar refractivity (Wildman–Crippen MR) is 123 cm³/mol. The lowest BCUT2D eigenvalue weighted by Crippen LogP contribution is -2.71.